The number of nitrogens with zero attached hydrogens (tertiary/aromatic N) is 4. The van der Waals surface area contributed by atoms with E-state index in [1.54, 1.807) is 6.07 Å². The second-order valence-corrected chi connectivity index (χ2v) is 5.23. The van der Waals surface area contributed by atoms with E-state index < -0.39 is 5.92 Å². The third-order valence-electron chi connectivity index (χ3n) is 2.83. The molecule has 1 aromatic carbocycles. The Hall–Kier alpha value is -2.61. The van der Waals surface area contributed by atoms with Crippen LogP contribution in [0.15, 0.2) is 46.8 Å². The largest absolute Gasteiger partial charge is 0.457 e. The summed E-state index contributed by atoms with van der Waals surface area (Å²) < 4.78 is 31.9. The molecular weight excluding hydrogens is 340 g/mol. The third kappa shape index (κ3) is 5.24. The lowest BCUT2D eigenvalue weighted by Gasteiger charge is -2.10. The van der Waals surface area contributed by atoms with Gasteiger partial charge in [-0.2, -0.15) is 5.10 Å². The van der Waals surface area contributed by atoms with Gasteiger partial charge >= 0.3 is 6.01 Å². The van der Waals surface area contributed by atoms with E-state index in [1.165, 1.54) is 36.8 Å². The molecule has 2 rings (SSSR count). The maximum Gasteiger partial charge on any atom is 0.316 e. The van der Waals surface area contributed by atoms with Gasteiger partial charge in [0.25, 0.3) is 5.92 Å². The second-order valence-electron chi connectivity index (χ2n) is 4.79. The van der Waals surface area contributed by atoms with Crippen molar-refractivity contribution in [3.63, 3.8) is 0 Å². The first-order valence-corrected chi connectivity index (χ1v) is 7.16. The molecule has 2 aromatic rings. The van der Waals surface area contributed by atoms with Gasteiger partial charge in [-0.3, -0.25) is 4.99 Å². The number of hydrogen-bond donors (Lipinski definition) is 1. The minimum Gasteiger partial charge on any atom is -0.457 e. The first kappa shape index (κ1) is 17.7. The number of nitrogens with two attached hydrogens (primary N) is 1. The van der Waals surface area contributed by atoms with Gasteiger partial charge in [-0.1, -0.05) is 23.7 Å². The SMILES string of the molecule is CC(F)(F)c1cccc(N=CC(COc2ncc(Cl)cn2)=NN)c1. The fraction of sp³-hybridized carbons (Fsp3) is 0.200. The maximum atomic E-state index is 13.3. The number of aliphatic imine (C=N–C) groups is 1. The Bertz CT molecular complexity index is 744. The van der Waals surface area contributed by atoms with Crippen molar-refractivity contribution >= 4 is 29.2 Å². The highest BCUT2D eigenvalue weighted by Crippen LogP contribution is 2.29. The van der Waals surface area contributed by atoms with Gasteiger partial charge in [-0.25, -0.2) is 18.7 Å². The Kier molecular flexibility index (Phi) is 5.75. The van der Waals surface area contributed by atoms with E-state index in [9.17, 15) is 8.78 Å². The summed E-state index contributed by atoms with van der Waals surface area (Å²) in [7, 11) is 0. The minimum atomic E-state index is -2.94. The minimum absolute atomic E-state index is 0.0364. The smallest absolute Gasteiger partial charge is 0.316 e. The molecule has 6 nitrogen and oxygen atoms in total. The zero-order chi connectivity index (χ0) is 17.6. The van der Waals surface area contributed by atoms with Crippen molar-refractivity contribution in [3.8, 4) is 6.01 Å². The Morgan fingerprint density at radius 1 is 1.38 bits per heavy atom. The van der Waals surface area contributed by atoms with E-state index in [0.717, 1.165) is 6.92 Å². The summed E-state index contributed by atoms with van der Waals surface area (Å²) >= 11 is 5.67. The molecule has 0 amide bonds. The first-order valence-electron chi connectivity index (χ1n) is 6.78. The predicted octanol–water partition coefficient (Wildman–Crippen LogP) is 3.34. The molecule has 1 aromatic heterocycles. The molecule has 126 valence electrons. The summed E-state index contributed by atoms with van der Waals surface area (Å²) in [6.07, 6.45) is 4.09. The van der Waals surface area contributed by atoms with Crippen LogP contribution in [0.4, 0.5) is 14.5 Å². The van der Waals surface area contributed by atoms with Crippen LogP contribution in [0.25, 0.3) is 0 Å². The van der Waals surface area contributed by atoms with Crippen LogP contribution < -0.4 is 10.6 Å². The van der Waals surface area contributed by atoms with Gasteiger partial charge in [0.05, 0.1) is 29.3 Å². The van der Waals surface area contributed by atoms with E-state index >= 15 is 0 Å². The lowest BCUT2D eigenvalue weighted by molar-refractivity contribution is 0.0175. The Balaban J connectivity index is 2.02. The van der Waals surface area contributed by atoms with Gasteiger partial charge in [-0.05, 0) is 12.1 Å². The number of alkyl halides is 2. The Labute approximate surface area is 142 Å². The molecule has 0 aliphatic heterocycles. The van der Waals surface area contributed by atoms with Crippen LogP contribution >= 0.6 is 11.6 Å². The quantitative estimate of drug-likeness (QED) is 0.490. The van der Waals surface area contributed by atoms with E-state index in [-0.39, 0.29) is 23.9 Å². The Morgan fingerprint density at radius 2 is 2.08 bits per heavy atom. The summed E-state index contributed by atoms with van der Waals surface area (Å²) in [5.41, 5.74) is 0.495. The lowest BCUT2D eigenvalue weighted by Crippen LogP contribution is -2.16. The van der Waals surface area contributed by atoms with Crippen molar-refractivity contribution in [2.45, 2.75) is 12.8 Å². The van der Waals surface area contributed by atoms with Gasteiger partial charge in [0.1, 0.15) is 12.3 Å². The zero-order valence-corrected chi connectivity index (χ0v) is 13.4. The van der Waals surface area contributed by atoms with Gasteiger partial charge in [0.15, 0.2) is 0 Å². The highest BCUT2D eigenvalue weighted by atomic mass is 35.5. The summed E-state index contributed by atoms with van der Waals surface area (Å²) in [4.78, 5) is 11.8. The molecule has 0 aliphatic rings. The van der Waals surface area contributed by atoms with Crippen LogP contribution in [0.3, 0.4) is 0 Å². The van der Waals surface area contributed by atoms with E-state index in [2.05, 4.69) is 20.1 Å². The molecule has 0 fully saturated rings. The van der Waals surface area contributed by atoms with Crippen molar-refractivity contribution < 1.29 is 13.5 Å². The molecule has 0 unspecified atom stereocenters. The highest BCUT2D eigenvalue weighted by Gasteiger charge is 2.23. The zero-order valence-electron chi connectivity index (χ0n) is 12.7. The van der Waals surface area contributed by atoms with Crippen molar-refractivity contribution in [1.82, 2.24) is 9.97 Å². The number of benzene rings is 1. The monoisotopic (exact) mass is 353 g/mol. The molecule has 9 heteroatoms. The van der Waals surface area contributed by atoms with Crippen molar-refractivity contribution in [3.05, 3.63) is 47.2 Å². The number of hydrazone groups is 1. The maximum absolute atomic E-state index is 13.3. The first-order chi connectivity index (χ1) is 11.4. The van der Waals surface area contributed by atoms with Gasteiger partial charge in [-0.15, -0.1) is 0 Å². The normalized spacial score (nSPS) is 12.6. The molecule has 0 saturated carbocycles. The van der Waals surface area contributed by atoms with Crippen LogP contribution in [-0.4, -0.2) is 28.5 Å². The summed E-state index contributed by atoms with van der Waals surface area (Å²) in [6, 6.07) is 5.80. The summed E-state index contributed by atoms with van der Waals surface area (Å²) in [5.74, 6) is 2.32. The second kappa shape index (κ2) is 7.78. The molecule has 0 aliphatic carbocycles. The van der Waals surface area contributed by atoms with Crippen LogP contribution in [0, 0.1) is 0 Å². The number of aromatic nitrogens is 2. The number of rotatable bonds is 6. The number of ether oxygens (including phenoxy) is 1. The van der Waals surface area contributed by atoms with Gasteiger partial charge in [0, 0.05) is 12.5 Å². The molecule has 1 heterocycles. The molecule has 0 spiro atoms. The predicted molar refractivity (Wildman–Crippen MR) is 88.3 cm³/mol. The fourth-order valence-electron chi connectivity index (χ4n) is 1.63. The van der Waals surface area contributed by atoms with Crippen LogP contribution in [0.5, 0.6) is 6.01 Å². The number of hydrogen-bond acceptors (Lipinski definition) is 6. The van der Waals surface area contributed by atoms with Crippen molar-refractivity contribution in [2.24, 2.45) is 15.9 Å². The van der Waals surface area contributed by atoms with Crippen LogP contribution in [-0.2, 0) is 5.92 Å². The molecule has 0 radical (unpaired) electrons. The van der Waals surface area contributed by atoms with Gasteiger partial charge in [0.2, 0.25) is 0 Å². The molecule has 2 N–H and O–H groups in total. The third-order valence-corrected chi connectivity index (χ3v) is 3.02. The molecule has 0 bridgehead atoms. The fourth-order valence-corrected chi connectivity index (χ4v) is 1.73. The van der Waals surface area contributed by atoms with E-state index in [1.807, 2.05) is 0 Å². The standard InChI is InChI=1S/C15H14ClF2N5O/c1-15(17,18)10-3-2-4-12(5-10)20-8-13(23-19)9-24-14-21-6-11(16)7-22-14/h2-8H,9,19H2,1H3. The average Bonchev–Trinajstić information content (AvgIpc) is 2.56. The highest BCUT2D eigenvalue weighted by molar-refractivity contribution is 6.31. The topological polar surface area (TPSA) is 85.8 Å². The average molecular weight is 354 g/mol. The molecule has 24 heavy (non-hydrogen) atoms. The van der Waals surface area contributed by atoms with E-state index in [0.29, 0.717) is 10.7 Å². The molecular formula is C15H14ClF2N5O. The number of halogens is 3. The van der Waals surface area contributed by atoms with E-state index in [4.69, 9.17) is 22.2 Å². The lowest BCUT2D eigenvalue weighted by atomic mass is 10.1. The van der Waals surface area contributed by atoms with Crippen LogP contribution in [0.1, 0.15) is 12.5 Å². The van der Waals surface area contributed by atoms with Crippen molar-refractivity contribution in [2.75, 3.05) is 6.61 Å². The summed E-state index contributed by atoms with van der Waals surface area (Å²) in [6.45, 7) is 0.786. The summed E-state index contributed by atoms with van der Waals surface area (Å²) in [5, 5.41) is 3.90. The van der Waals surface area contributed by atoms with Gasteiger partial charge < -0.3 is 10.6 Å². The van der Waals surface area contributed by atoms with Crippen LogP contribution in [0.2, 0.25) is 5.02 Å². The van der Waals surface area contributed by atoms with Crippen molar-refractivity contribution in [1.29, 1.82) is 0 Å². The molecule has 0 atom stereocenters. The Morgan fingerprint density at radius 3 is 2.71 bits per heavy atom. The molecule has 0 saturated heterocycles.